The van der Waals surface area contributed by atoms with Crippen LogP contribution in [0.4, 0.5) is 0 Å². The number of nitrogens with one attached hydrogen (secondary N) is 1. The van der Waals surface area contributed by atoms with E-state index in [1.807, 2.05) is 6.08 Å². The van der Waals surface area contributed by atoms with Crippen LogP contribution in [0.1, 0.15) is 245 Å². The first-order valence-corrected chi connectivity index (χ1v) is 30.9. The molecule has 0 bridgehead atoms. The van der Waals surface area contributed by atoms with Gasteiger partial charge in [-0.05, 0) is 51.4 Å². The summed E-state index contributed by atoms with van der Waals surface area (Å²) >= 11 is 0. The van der Waals surface area contributed by atoms with Crippen molar-refractivity contribution in [3.63, 3.8) is 0 Å². The van der Waals surface area contributed by atoms with E-state index in [0.29, 0.717) is 6.42 Å². The Balaban J connectivity index is 1.72. The van der Waals surface area contributed by atoms with Crippen molar-refractivity contribution in [2.75, 3.05) is 19.8 Å². The Bertz CT molecular complexity index is 1460. The normalized spacial score (nSPS) is 25.2. The van der Waals surface area contributed by atoms with Crippen molar-refractivity contribution >= 4 is 5.91 Å². The van der Waals surface area contributed by atoms with E-state index in [0.717, 1.165) is 70.6 Å². The van der Waals surface area contributed by atoms with Gasteiger partial charge in [0, 0.05) is 6.42 Å². The lowest BCUT2D eigenvalue weighted by Gasteiger charge is -2.46. The number of unbranched alkanes of at least 4 members (excludes halogenated alkanes) is 30. The van der Waals surface area contributed by atoms with E-state index in [1.54, 1.807) is 6.08 Å². The van der Waals surface area contributed by atoms with Gasteiger partial charge in [0.15, 0.2) is 12.6 Å². The number of allylic oxidation sites excluding steroid dienone is 7. The zero-order valence-electron chi connectivity index (χ0n) is 47.7. The summed E-state index contributed by atoms with van der Waals surface area (Å²) in [6, 6.07) is -0.925. The highest BCUT2D eigenvalue weighted by atomic mass is 16.7. The summed E-state index contributed by atoms with van der Waals surface area (Å²) in [7, 11) is 0. The molecule has 0 spiro atoms. The minimum atomic E-state index is -1.79. The van der Waals surface area contributed by atoms with Gasteiger partial charge in [-0.15, -0.1) is 0 Å². The molecular weight excluding hydrogens is 967 g/mol. The third-order valence-electron chi connectivity index (χ3n) is 15.0. The standard InChI is InChI=1S/C62H113NO13/c1-3-5-7-9-11-13-15-17-19-20-21-22-23-24-25-26-27-28-29-30-32-33-35-37-39-41-43-45-51(66)50(63-54(67)46-44-42-40-38-36-34-31-18-16-14-12-10-8-6-4-2)49-73-61-59(72)57(70)60(53(48-65)75-61)76-62-58(71)56(69)55(68)52(47-64)74-62/h6,8,12,14,18,31,43,45,50-53,55-62,64-66,68-72H,3-5,7,9-11,13,15-17,19-30,32-42,44,46-49H2,1-2H3,(H,63,67)/b8-6-,14-12-,31-18-,45-43+. The maximum atomic E-state index is 13.2. The van der Waals surface area contributed by atoms with Crippen molar-refractivity contribution in [3.8, 4) is 0 Å². The SMILES string of the molecule is CC/C=C\C/C=C\C/C=C\CCCCCCCC(=O)NC(COC1OC(CO)C(OC2OC(CO)C(O)C(O)C2O)C(O)C1O)C(O)/C=C/CCCCCCCCCCCCCCCCCCCCCCCCCCC. The Kier molecular flexibility index (Phi) is 44.0. The quantitative estimate of drug-likeness (QED) is 0.0204. The van der Waals surface area contributed by atoms with Crippen LogP contribution >= 0.6 is 0 Å². The molecule has 0 aromatic carbocycles. The van der Waals surface area contributed by atoms with E-state index in [1.165, 1.54) is 148 Å². The van der Waals surface area contributed by atoms with Crippen molar-refractivity contribution in [2.24, 2.45) is 0 Å². The van der Waals surface area contributed by atoms with Crippen LogP contribution in [0.15, 0.2) is 48.6 Å². The summed E-state index contributed by atoms with van der Waals surface area (Å²) in [4.78, 5) is 13.2. The number of rotatable bonds is 49. The highest BCUT2D eigenvalue weighted by molar-refractivity contribution is 5.76. The molecule has 12 unspecified atom stereocenters. The molecular formula is C62H113NO13. The van der Waals surface area contributed by atoms with Crippen LogP contribution in [0, 0.1) is 0 Å². The molecule has 9 N–H and O–H groups in total. The lowest BCUT2D eigenvalue weighted by Crippen LogP contribution is -2.65. The number of ether oxygens (including phenoxy) is 4. The Labute approximate surface area is 461 Å². The Morgan fingerprint density at radius 3 is 1.39 bits per heavy atom. The fourth-order valence-corrected chi connectivity index (χ4v) is 10.1. The molecule has 2 aliphatic heterocycles. The number of aliphatic hydroxyl groups excluding tert-OH is 8. The Morgan fingerprint density at radius 2 is 0.908 bits per heavy atom. The second-order valence-corrected chi connectivity index (χ2v) is 21.8. The van der Waals surface area contributed by atoms with Crippen LogP contribution in [0.3, 0.4) is 0 Å². The monoisotopic (exact) mass is 1080 g/mol. The zero-order valence-corrected chi connectivity index (χ0v) is 47.7. The van der Waals surface area contributed by atoms with Crippen molar-refractivity contribution in [1.29, 1.82) is 0 Å². The molecule has 76 heavy (non-hydrogen) atoms. The molecule has 14 heteroatoms. The summed E-state index contributed by atoms with van der Waals surface area (Å²) in [5, 5.41) is 87.1. The van der Waals surface area contributed by atoms with Gasteiger partial charge in [0.05, 0.1) is 32.0 Å². The topological polar surface area (TPSA) is 228 Å². The summed E-state index contributed by atoms with van der Waals surface area (Å²) in [6.45, 7) is 2.69. The van der Waals surface area contributed by atoms with Crippen molar-refractivity contribution in [2.45, 2.75) is 319 Å². The van der Waals surface area contributed by atoms with Crippen molar-refractivity contribution in [3.05, 3.63) is 48.6 Å². The van der Waals surface area contributed by atoms with Crippen LogP contribution in [-0.4, -0.2) is 140 Å². The maximum Gasteiger partial charge on any atom is 0.220 e. The van der Waals surface area contributed by atoms with E-state index in [2.05, 4.69) is 55.6 Å². The molecule has 0 aromatic heterocycles. The Morgan fingerprint density at radius 1 is 0.487 bits per heavy atom. The fourth-order valence-electron chi connectivity index (χ4n) is 10.1. The molecule has 444 valence electrons. The predicted molar refractivity (Wildman–Crippen MR) is 304 cm³/mol. The molecule has 0 aliphatic carbocycles. The second kappa shape index (κ2) is 47.7. The summed E-state index contributed by atoms with van der Waals surface area (Å²) < 4.78 is 22.8. The number of amides is 1. The van der Waals surface area contributed by atoms with Crippen LogP contribution < -0.4 is 5.32 Å². The number of hydrogen-bond acceptors (Lipinski definition) is 13. The predicted octanol–water partition coefficient (Wildman–Crippen LogP) is 10.8. The number of aliphatic hydroxyl groups is 8. The van der Waals surface area contributed by atoms with Gasteiger partial charge >= 0.3 is 0 Å². The first-order chi connectivity index (χ1) is 37.1. The first-order valence-electron chi connectivity index (χ1n) is 30.9. The first kappa shape index (κ1) is 70.1. The number of carbonyl (C=O) groups excluding carboxylic acids is 1. The average Bonchev–Trinajstić information content (AvgIpc) is 3.42. The molecule has 14 nitrogen and oxygen atoms in total. The molecule has 2 fully saturated rings. The second-order valence-electron chi connectivity index (χ2n) is 21.8. The molecule has 2 saturated heterocycles. The molecule has 1 amide bonds. The van der Waals surface area contributed by atoms with E-state index >= 15 is 0 Å². The third-order valence-corrected chi connectivity index (χ3v) is 15.0. The summed E-state index contributed by atoms with van der Waals surface area (Å²) in [5.74, 6) is -0.256. The van der Waals surface area contributed by atoms with Crippen LogP contribution in [0.2, 0.25) is 0 Å². The molecule has 0 aromatic rings. The zero-order chi connectivity index (χ0) is 55.3. The van der Waals surface area contributed by atoms with Crippen molar-refractivity contribution in [1.82, 2.24) is 5.32 Å². The maximum absolute atomic E-state index is 13.2. The minimum Gasteiger partial charge on any atom is -0.394 e. The molecule has 2 rings (SSSR count). The largest absolute Gasteiger partial charge is 0.394 e. The van der Waals surface area contributed by atoms with Crippen molar-refractivity contribution < 1.29 is 64.6 Å². The minimum absolute atomic E-state index is 0.256. The smallest absolute Gasteiger partial charge is 0.220 e. The summed E-state index contributed by atoms with van der Waals surface area (Å²) in [6.07, 6.45) is 43.1. The van der Waals surface area contributed by atoms with Gasteiger partial charge in [0.25, 0.3) is 0 Å². The summed E-state index contributed by atoms with van der Waals surface area (Å²) in [5.41, 5.74) is 0. The van der Waals surface area contributed by atoms with Gasteiger partial charge in [0.2, 0.25) is 5.91 Å². The molecule has 2 heterocycles. The van der Waals surface area contributed by atoms with Gasteiger partial charge in [0.1, 0.15) is 48.8 Å². The molecule has 0 radical (unpaired) electrons. The number of carbonyl (C=O) groups is 1. The average molecular weight is 1080 g/mol. The Hall–Kier alpha value is -2.05. The van der Waals surface area contributed by atoms with Gasteiger partial charge in [-0.3, -0.25) is 4.79 Å². The number of hydrogen-bond donors (Lipinski definition) is 9. The van der Waals surface area contributed by atoms with Gasteiger partial charge < -0.3 is 65.1 Å². The molecule has 0 saturated carbocycles. The highest BCUT2D eigenvalue weighted by Crippen LogP contribution is 2.30. The van der Waals surface area contributed by atoms with Gasteiger partial charge in [-0.2, -0.15) is 0 Å². The lowest BCUT2D eigenvalue weighted by molar-refractivity contribution is -0.359. The van der Waals surface area contributed by atoms with E-state index in [9.17, 15) is 45.6 Å². The van der Waals surface area contributed by atoms with Crippen LogP contribution in [0.5, 0.6) is 0 Å². The van der Waals surface area contributed by atoms with Crippen LogP contribution in [-0.2, 0) is 23.7 Å². The van der Waals surface area contributed by atoms with E-state index < -0.39 is 86.8 Å². The van der Waals surface area contributed by atoms with Gasteiger partial charge in [-0.1, -0.05) is 236 Å². The van der Waals surface area contributed by atoms with Gasteiger partial charge in [-0.25, -0.2) is 0 Å². The highest BCUT2D eigenvalue weighted by Gasteiger charge is 2.51. The molecule has 12 atom stereocenters. The van der Waals surface area contributed by atoms with Crippen LogP contribution in [0.25, 0.3) is 0 Å². The lowest BCUT2D eigenvalue weighted by atomic mass is 9.97. The molecule has 2 aliphatic rings. The third kappa shape index (κ3) is 32.9. The fraction of sp³-hybridized carbons (Fsp3) is 0.855. The van der Waals surface area contributed by atoms with E-state index in [-0.39, 0.29) is 18.9 Å². The van der Waals surface area contributed by atoms with E-state index in [4.69, 9.17) is 18.9 Å².